The first-order valence-corrected chi connectivity index (χ1v) is 16.9. The van der Waals surface area contributed by atoms with Gasteiger partial charge < -0.3 is 18.9 Å². The van der Waals surface area contributed by atoms with Crippen LogP contribution in [0, 0.1) is 0 Å². The van der Waals surface area contributed by atoms with Crippen LogP contribution >= 0.6 is 50.5 Å². The van der Waals surface area contributed by atoms with E-state index in [1.165, 1.54) is 11.3 Å². The number of nitrogens with zero attached hydrogens (tertiary/aromatic N) is 2. The normalized spacial score (nSPS) is 14.5. The highest BCUT2D eigenvalue weighted by Gasteiger charge is 2.36. The summed E-state index contributed by atoms with van der Waals surface area (Å²) in [6, 6.07) is 15.3. The van der Waals surface area contributed by atoms with Crippen LogP contribution < -0.4 is 29.1 Å². The van der Waals surface area contributed by atoms with Crippen LogP contribution in [0.15, 0.2) is 80.1 Å². The molecule has 46 heavy (non-hydrogen) atoms. The molecule has 8 nitrogen and oxygen atoms in total. The fraction of sp³-hybridized carbons (Fsp3) is 0.265. The van der Waals surface area contributed by atoms with Crippen molar-refractivity contribution in [2.24, 2.45) is 4.99 Å². The minimum absolute atomic E-state index is 0.183. The second kappa shape index (κ2) is 14.9. The third-order valence-electron chi connectivity index (χ3n) is 7.26. The number of fused-ring (bicyclic) bond motifs is 1. The van der Waals surface area contributed by atoms with Gasteiger partial charge in [0, 0.05) is 25.6 Å². The molecule has 0 fully saturated rings. The van der Waals surface area contributed by atoms with Gasteiger partial charge in [-0.1, -0.05) is 75.9 Å². The largest absolute Gasteiger partial charge is 0.496 e. The second-order valence-corrected chi connectivity index (χ2v) is 13.0. The Hall–Kier alpha value is -3.57. The highest BCUT2D eigenvalue weighted by atomic mass is 79.9. The van der Waals surface area contributed by atoms with Crippen LogP contribution in [-0.4, -0.2) is 31.4 Å². The lowest BCUT2D eigenvalue weighted by atomic mass is 9.93. The number of hydrogen-bond acceptors (Lipinski definition) is 8. The van der Waals surface area contributed by atoms with Gasteiger partial charge in [0.25, 0.3) is 5.56 Å². The lowest BCUT2D eigenvalue weighted by Crippen LogP contribution is -2.40. The number of hydrogen-bond donors (Lipinski definition) is 0. The Morgan fingerprint density at radius 2 is 1.78 bits per heavy atom. The van der Waals surface area contributed by atoms with E-state index in [9.17, 15) is 9.59 Å². The monoisotopic (exact) mass is 744 g/mol. The molecule has 3 aromatic carbocycles. The van der Waals surface area contributed by atoms with Gasteiger partial charge in [-0.25, -0.2) is 9.79 Å². The zero-order valence-corrected chi connectivity index (χ0v) is 29.5. The summed E-state index contributed by atoms with van der Waals surface area (Å²) >= 11 is 17.1. The average molecular weight is 747 g/mol. The van der Waals surface area contributed by atoms with Crippen LogP contribution in [-0.2, 0) is 16.1 Å². The molecule has 0 aliphatic carbocycles. The number of rotatable bonds is 11. The fourth-order valence-electron chi connectivity index (χ4n) is 5.17. The minimum atomic E-state index is -0.809. The van der Waals surface area contributed by atoms with E-state index in [2.05, 4.69) is 15.9 Å². The molecule has 0 spiro atoms. The summed E-state index contributed by atoms with van der Waals surface area (Å²) in [6.07, 6.45) is 3.05. The van der Waals surface area contributed by atoms with Crippen molar-refractivity contribution >= 4 is 62.5 Å². The van der Waals surface area contributed by atoms with Gasteiger partial charge in [0.2, 0.25) is 0 Å². The van der Waals surface area contributed by atoms with Crippen molar-refractivity contribution < 1.29 is 23.7 Å². The van der Waals surface area contributed by atoms with Gasteiger partial charge in [-0.3, -0.25) is 9.36 Å². The Labute approximate surface area is 288 Å². The molecule has 0 bridgehead atoms. The number of halogens is 3. The molecule has 1 atom stereocenters. The Kier molecular flexibility index (Phi) is 10.9. The number of esters is 1. The van der Waals surface area contributed by atoms with Crippen molar-refractivity contribution in [1.29, 1.82) is 0 Å². The van der Waals surface area contributed by atoms with Crippen LogP contribution in [0.1, 0.15) is 49.4 Å². The van der Waals surface area contributed by atoms with Gasteiger partial charge in [0.1, 0.15) is 18.4 Å². The molecule has 0 saturated carbocycles. The predicted octanol–water partition coefficient (Wildman–Crippen LogP) is 7.24. The van der Waals surface area contributed by atoms with Crippen molar-refractivity contribution in [3.8, 4) is 17.2 Å². The third-order valence-corrected chi connectivity index (χ3v) is 9.33. The molecule has 0 unspecified atom stereocenters. The quantitative estimate of drug-likeness (QED) is 0.151. The van der Waals surface area contributed by atoms with E-state index >= 15 is 0 Å². The molecule has 2 heterocycles. The van der Waals surface area contributed by atoms with Crippen molar-refractivity contribution in [3.05, 3.63) is 117 Å². The Morgan fingerprint density at radius 1 is 1.02 bits per heavy atom. The summed E-state index contributed by atoms with van der Waals surface area (Å²) in [5.74, 6) is 1.01. The Morgan fingerprint density at radius 3 is 2.48 bits per heavy atom. The maximum Gasteiger partial charge on any atom is 0.338 e. The lowest BCUT2D eigenvalue weighted by Gasteiger charge is -2.27. The van der Waals surface area contributed by atoms with E-state index in [1.54, 1.807) is 62.1 Å². The van der Waals surface area contributed by atoms with Crippen molar-refractivity contribution in [2.75, 3.05) is 20.8 Å². The van der Waals surface area contributed by atoms with Crippen LogP contribution in [0.3, 0.4) is 0 Å². The van der Waals surface area contributed by atoms with E-state index in [-0.39, 0.29) is 18.8 Å². The highest BCUT2D eigenvalue weighted by Crippen LogP contribution is 2.38. The van der Waals surface area contributed by atoms with Crippen LogP contribution in [0.4, 0.5) is 0 Å². The Balaban J connectivity index is 1.61. The molecule has 0 saturated heterocycles. The molecule has 0 amide bonds. The molecular formula is C34H31BrCl2N2O6S. The second-order valence-electron chi connectivity index (χ2n) is 10.2. The predicted molar refractivity (Wildman–Crippen MR) is 184 cm³/mol. The topological polar surface area (TPSA) is 88.4 Å². The number of aromatic nitrogens is 1. The Bertz CT molecular complexity index is 2010. The number of allylic oxidation sites excluding steroid dienone is 1. The first kappa shape index (κ1) is 33.8. The minimum Gasteiger partial charge on any atom is -0.496 e. The smallest absolute Gasteiger partial charge is 0.338 e. The number of thiazole rings is 1. The number of ether oxygens (including phenoxy) is 4. The molecule has 5 rings (SSSR count). The molecule has 240 valence electrons. The zero-order valence-electron chi connectivity index (χ0n) is 25.6. The SMILES string of the molecule is CCCC1=C(C(=O)OCC)[C@@H](c2cc(Br)ccc2OC)n2c(s/c(=C/c3ccc(OCc4ccc(Cl)cc4Cl)c(OC)c3)c2=O)=N1. The van der Waals surface area contributed by atoms with Gasteiger partial charge in [0.05, 0.1) is 36.6 Å². The zero-order chi connectivity index (χ0) is 33.0. The summed E-state index contributed by atoms with van der Waals surface area (Å²) in [5.41, 5.74) is 2.74. The van der Waals surface area contributed by atoms with E-state index in [0.717, 1.165) is 16.5 Å². The number of carbonyl (C=O) groups is 1. The number of benzene rings is 3. The number of methoxy groups -OCH3 is 2. The van der Waals surface area contributed by atoms with E-state index in [4.69, 9.17) is 47.1 Å². The molecule has 12 heteroatoms. The van der Waals surface area contributed by atoms with Gasteiger partial charge in [-0.15, -0.1) is 0 Å². The summed E-state index contributed by atoms with van der Waals surface area (Å²) < 4.78 is 25.6. The standard InChI is InChI=1S/C34H31BrCl2N2O6S/c1-5-7-25-30(33(41)44-6-2)31(23-16-21(35)10-13-26(23)42-3)39-32(40)29(46-34(39)38-25)15-19-8-12-27(28(14-19)43-4)45-18-20-9-11-22(36)17-24(20)37/h8-17,31H,5-7,18H2,1-4H3/b29-15+/t31-/m1/s1. The van der Waals surface area contributed by atoms with E-state index in [1.807, 2.05) is 31.2 Å². The number of carbonyl (C=O) groups excluding carboxylic acids is 1. The molecule has 1 aromatic heterocycles. The van der Waals surface area contributed by atoms with Crippen LogP contribution in [0.25, 0.3) is 6.08 Å². The van der Waals surface area contributed by atoms with Gasteiger partial charge >= 0.3 is 5.97 Å². The van der Waals surface area contributed by atoms with E-state index < -0.39 is 12.0 Å². The maximum absolute atomic E-state index is 14.2. The third kappa shape index (κ3) is 7.05. The van der Waals surface area contributed by atoms with Gasteiger partial charge in [-0.05, 0) is 67.4 Å². The van der Waals surface area contributed by atoms with Crippen molar-refractivity contribution in [1.82, 2.24) is 4.57 Å². The van der Waals surface area contributed by atoms with Crippen LogP contribution in [0.2, 0.25) is 10.0 Å². The van der Waals surface area contributed by atoms with Crippen molar-refractivity contribution in [3.63, 3.8) is 0 Å². The van der Waals surface area contributed by atoms with E-state index in [0.29, 0.717) is 65.4 Å². The highest BCUT2D eigenvalue weighted by molar-refractivity contribution is 9.10. The average Bonchev–Trinajstić information content (AvgIpc) is 3.34. The summed E-state index contributed by atoms with van der Waals surface area (Å²) in [5, 5.41) is 1.05. The van der Waals surface area contributed by atoms with Gasteiger partial charge in [0.15, 0.2) is 16.3 Å². The lowest BCUT2D eigenvalue weighted by molar-refractivity contribution is -0.139. The van der Waals surface area contributed by atoms with Crippen LogP contribution in [0.5, 0.6) is 17.2 Å². The molecule has 1 aliphatic heterocycles. The molecule has 1 aliphatic rings. The molecule has 0 N–H and O–H groups in total. The fourth-order valence-corrected chi connectivity index (χ4v) is 7.03. The first-order chi connectivity index (χ1) is 22.2. The summed E-state index contributed by atoms with van der Waals surface area (Å²) in [6.45, 7) is 4.16. The van der Waals surface area contributed by atoms with Crippen molar-refractivity contribution in [2.45, 2.75) is 39.3 Å². The summed E-state index contributed by atoms with van der Waals surface area (Å²) in [4.78, 5) is 33.0. The molecule has 0 radical (unpaired) electrons. The first-order valence-electron chi connectivity index (χ1n) is 14.5. The van der Waals surface area contributed by atoms with Gasteiger partial charge in [-0.2, -0.15) is 0 Å². The summed E-state index contributed by atoms with van der Waals surface area (Å²) in [7, 11) is 3.11. The maximum atomic E-state index is 14.2. The molecular weight excluding hydrogens is 715 g/mol. The molecule has 4 aromatic rings.